The maximum atomic E-state index is 12.9. The Balaban J connectivity index is 1.73. The van der Waals surface area contributed by atoms with Crippen molar-refractivity contribution < 1.29 is 13.2 Å². The van der Waals surface area contributed by atoms with E-state index in [4.69, 9.17) is 11.6 Å². The lowest BCUT2D eigenvalue weighted by atomic mass is 10.1. The van der Waals surface area contributed by atoms with Crippen molar-refractivity contribution in [3.05, 3.63) is 87.6 Å². The van der Waals surface area contributed by atoms with Crippen LogP contribution in [0.2, 0.25) is 5.02 Å². The van der Waals surface area contributed by atoms with E-state index < -0.39 is 17.3 Å². The number of hydrogen-bond donors (Lipinski definition) is 0. The number of aromatic nitrogens is 4. The zero-order chi connectivity index (χ0) is 19.9. The van der Waals surface area contributed by atoms with Gasteiger partial charge in [-0.25, -0.2) is 9.67 Å². The first kappa shape index (κ1) is 18.2. The van der Waals surface area contributed by atoms with Gasteiger partial charge in [-0.05, 0) is 35.9 Å². The second-order valence-electron chi connectivity index (χ2n) is 6.15. The molecule has 142 valence electrons. The average molecular weight is 405 g/mol. The quantitative estimate of drug-likeness (QED) is 0.511. The first-order valence-corrected chi connectivity index (χ1v) is 8.56. The lowest BCUT2D eigenvalue weighted by molar-refractivity contribution is -0.137. The van der Waals surface area contributed by atoms with Crippen LogP contribution in [0.3, 0.4) is 0 Å². The molecule has 0 radical (unpaired) electrons. The van der Waals surface area contributed by atoms with Crippen LogP contribution in [0.1, 0.15) is 11.1 Å². The predicted molar refractivity (Wildman–Crippen MR) is 98.7 cm³/mol. The molecule has 0 saturated carbocycles. The molecule has 0 atom stereocenters. The number of fused-ring (bicyclic) bond motifs is 1. The van der Waals surface area contributed by atoms with Gasteiger partial charge in [-0.1, -0.05) is 29.8 Å². The van der Waals surface area contributed by atoms with Crippen molar-refractivity contribution in [2.75, 3.05) is 0 Å². The number of hydrogen-bond acceptors (Lipinski definition) is 3. The van der Waals surface area contributed by atoms with Gasteiger partial charge in [0, 0.05) is 5.02 Å². The van der Waals surface area contributed by atoms with Crippen molar-refractivity contribution in [1.29, 1.82) is 0 Å². The normalized spacial score (nSPS) is 11.9. The minimum absolute atomic E-state index is 0.0337. The number of alkyl halides is 3. The summed E-state index contributed by atoms with van der Waals surface area (Å²) >= 11 is 6.00. The first-order valence-electron chi connectivity index (χ1n) is 8.18. The van der Waals surface area contributed by atoms with Crippen molar-refractivity contribution in [3.63, 3.8) is 0 Å². The smallest absolute Gasteiger partial charge is 0.294 e. The van der Waals surface area contributed by atoms with Gasteiger partial charge in [0.1, 0.15) is 11.7 Å². The maximum Gasteiger partial charge on any atom is 0.416 e. The van der Waals surface area contributed by atoms with Crippen LogP contribution in [0.4, 0.5) is 13.2 Å². The van der Waals surface area contributed by atoms with E-state index in [9.17, 15) is 18.0 Å². The monoisotopic (exact) mass is 404 g/mol. The summed E-state index contributed by atoms with van der Waals surface area (Å²) in [5.74, 6) is 0. The molecule has 0 spiro atoms. The van der Waals surface area contributed by atoms with E-state index >= 15 is 0 Å². The van der Waals surface area contributed by atoms with Crippen LogP contribution < -0.4 is 5.56 Å². The van der Waals surface area contributed by atoms with E-state index in [1.165, 1.54) is 33.9 Å². The maximum absolute atomic E-state index is 12.9. The van der Waals surface area contributed by atoms with Crippen molar-refractivity contribution in [2.24, 2.45) is 0 Å². The molecule has 0 saturated heterocycles. The summed E-state index contributed by atoms with van der Waals surface area (Å²) in [6.07, 6.45) is -1.76. The highest BCUT2D eigenvalue weighted by Crippen LogP contribution is 2.29. The SMILES string of the molecule is O=c1c2cnn(-c3cccc(Cl)c3)c2ncn1Cc1cccc(C(F)(F)F)c1. The molecule has 0 aliphatic heterocycles. The molecule has 0 unspecified atom stereocenters. The third-order valence-electron chi connectivity index (χ3n) is 4.21. The summed E-state index contributed by atoms with van der Waals surface area (Å²) in [5.41, 5.74) is 0.175. The van der Waals surface area contributed by atoms with E-state index in [0.717, 1.165) is 12.1 Å². The standard InChI is InChI=1S/C19H12ClF3N4O/c20-14-5-2-6-15(8-14)27-17-16(9-25-27)18(28)26(11-24-17)10-12-3-1-4-13(7-12)19(21,22)23/h1-9,11H,10H2. The lowest BCUT2D eigenvalue weighted by Gasteiger charge is -2.10. The van der Waals surface area contributed by atoms with Crippen LogP contribution >= 0.6 is 11.6 Å². The van der Waals surface area contributed by atoms with Crippen molar-refractivity contribution in [3.8, 4) is 5.69 Å². The molecule has 0 N–H and O–H groups in total. The Morgan fingerprint density at radius 2 is 1.86 bits per heavy atom. The van der Waals surface area contributed by atoms with Crippen molar-refractivity contribution in [2.45, 2.75) is 12.7 Å². The van der Waals surface area contributed by atoms with Crippen LogP contribution in [0.15, 0.2) is 65.8 Å². The molecule has 5 nitrogen and oxygen atoms in total. The van der Waals surface area contributed by atoms with E-state index in [1.54, 1.807) is 24.3 Å². The number of benzene rings is 2. The zero-order valence-electron chi connectivity index (χ0n) is 14.2. The third-order valence-corrected chi connectivity index (χ3v) is 4.45. The summed E-state index contributed by atoms with van der Waals surface area (Å²) < 4.78 is 41.4. The van der Waals surface area contributed by atoms with Crippen LogP contribution in [0.25, 0.3) is 16.7 Å². The Kier molecular flexibility index (Phi) is 4.43. The third kappa shape index (κ3) is 3.38. The summed E-state index contributed by atoms with van der Waals surface area (Å²) in [6, 6.07) is 11.8. The van der Waals surface area contributed by atoms with Gasteiger partial charge in [0.15, 0.2) is 5.65 Å². The molecule has 2 aromatic heterocycles. The minimum Gasteiger partial charge on any atom is -0.294 e. The highest BCUT2D eigenvalue weighted by Gasteiger charge is 2.30. The van der Waals surface area contributed by atoms with Crippen molar-refractivity contribution in [1.82, 2.24) is 19.3 Å². The van der Waals surface area contributed by atoms with Gasteiger partial charge in [0.25, 0.3) is 5.56 Å². The molecule has 4 rings (SSSR count). The topological polar surface area (TPSA) is 52.7 Å². The second-order valence-corrected chi connectivity index (χ2v) is 6.59. The highest BCUT2D eigenvalue weighted by atomic mass is 35.5. The van der Waals surface area contributed by atoms with E-state index in [0.29, 0.717) is 21.9 Å². The van der Waals surface area contributed by atoms with Crippen LogP contribution in [0, 0.1) is 0 Å². The number of nitrogens with zero attached hydrogens (tertiary/aromatic N) is 4. The van der Waals surface area contributed by atoms with Crippen molar-refractivity contribution >= 4 is 22.6 Å². The minimum atomic E-state index is -4.44. The van der Waals surface area contributed by atoms with Gasteiger partial charge in [-0.15, -0.1) is 0 Å². The number of rotatable bonds is 3. The Morgan fingerprint density at radius 3 is 2.61 bits per heavy atom. The molecule has 28 heavy (non-hydrogen) atoms. The molecule has 0 aliphatic carbocycles. The Labute approximate surface area is 161 Å². The van der Waals surface area contributed by atoms with Crippen LogP contribution in [0.5, 0.6) is 0 Å². The lowest BCUT2D eigenvalue weighted by Crippen LogP contribution is -2.21. The predicted octanol–water partition coefficient (Wildman–Crippen LogP) is 4.30. The Hall–Kier alpha value is -3.13. The highest BCUT2D eigenvalue weighted by molar-refractivity contribution is 6.30. The Morgan fingerprint density at radius 1 is 1.07 bits per heavy atom. The fourth-order valence-electron chi connectivity index (χ4n) is 2.90. The van der Waals surface area contributed by atoms with Gasteiger partial charge in [-0.3, -0.25) is 9.36 Å². The van der Waals surface area contributed by atoms with Gasteiger partial charge < -0.3 is 0 Å². The summed E-state index contributed by atoms with van der Waals surface area (Å²) in [5, 5.41) is 4.97. The number of halogens is 4. The molecular weight excluding hydrogens is 393 g/mol. The molecule has 2 aromatic carbocycles. The molecular formula is C19H12ClF3N4O. The largest absolute Gasteiger partial charge is 0.416 e. The molecule has 0 fully saturated rings. The fraction of sp³-hybridized carbons (Fsp3) is 0.105. The summed E-state index contributed by atoms with van der Waals surface area (Å²) in [7, 11) is 0. The molecule has 0 aliphatic rings. The van der Waals surface area contributed by atoms with Gasteiger partial charge in [-0.2, -0.15) is 18.3 Å². The van der Waals surface area contributed by atoms with E-state index in [-0.39, 0.29) is 11.9 Å². The van der Waals surface area contributed by atoms with Gasteiger partial charge in [0.05, 0.1) is 24.0 Å². The molecule has 4 aromatic rings. The molecule has 0 bridgehead atoms. The van der Waals surface area contributed by atoms with Gasteiger partial charge >= 0.3 is 6.18 Å². The Bertz CT molecular complexity index is 1230. The molecule has 2 heterocycles. The second kappa shape index (κ2) is 6.79. The van der Waals surface area contributed by atoms with E-state index in [1.807, 2.05) is 0 Å². The molecule has 9 heteroatoms. The van der Waals surface area contributed by atoms with Crippen LogP contribution in [-0.2, 0) is 12.7 Å². The van der Waals surface area contributed by atoms with E-state index in [2.05, 4.69) is 10.1 Å². The van der Waals surface area contributed by atoms with Crippen LogP contribution in [-0.4, -0.2) is 19.3 Å². The molecule has 0 amide bonds. The summed E-state index contributed by atoms with van der Waals surface area (Å²) in [4.78, 5) is 17.0. The summed E-state index contributed by atoms with van der Waals surface area (Å²) in [6.45, 7) is -0.0337. The fourth-order valence-corrected chi connectivity index (χ4v) is 3.09. The zero-order valence-corrected chi connectivity index (χ0v) is 14.9. The average Bonchev–Trinajstić information content (AvgIpc) is 3.08. The first-order chi connectivity index (χ1) is 13.3. The van der Waals surface area contributed by atoms with Gasteiger partial charge in [0.2, 0.25) is 0 Å².